The summed E-state index contributed by atoms with van der Waals surface area (Å²) in [6.07, 6.45) is -9.97. The largest absolute Gasteiger partial charge is 0.436 e. The molecule has 4 aromatic rings. The minimum Gasteiger partial charge on any atom is -0.436 e. The lowest BCUT2D eigenvalue weighted by molar-refractivity contribution is -0.143. The van der Waals surface area contributed by atoms with Gasteiger partial charge in [0.1, 0.15) is 11.3 Å². The van der Waals surface area contributed by atoms with Crippen LogP contribution in [0.5, 0.6) is 0 Å². The quantitative estimate of drug-likeness (QED) is 0.314. The molecule has 0 spiro atoms. The molecule has 0 unspecified atom stereocenters. The molecule has 9 heteroatoms. The molecule has 0 aliphatic carbocycles. The molecule has 154 valence electrons. The van der Waals surface area contributed by atoms with Crippen LogP contribution in [0.1, 0.15) is 11.1 Å². The molecule has 0 saturated carbocycles. The second-order valence-corrected chi connectivity index (χ2v) is 6.48. The maximum Gasteiger partial charge on any atom is 0.416 e. The van der Waals surface area contributed by atoms with E-state index in [-0.39, 0.29) is 22.7 Å². The number of hydrogen-bond donors (Lipinski definition) is 0. The van der Waals surface area contributed by atoms with Crippen molar-refractivity contribution in [2.75, 3.05) is 0 Å². The molecule has 0 aliphatic heterocycles. The smallest absolute Gasteiger partial charge is 0.416 e. The van der Waals surface area contributed by atoms with Gasteiger partial charge in [0.25, 0.3) is 0 Å². The Morgan fingerprint density at radius 3 is 1.93 bits per heavy atom. The number of alkyl halides is 6. The number of rotatable bonds is 2. The number of benzene rings is 3. The van der Waals surface area contributed by atoms with Crippen LogP contribution >= 0.6 is 0 Å². The zero-order chi connectivity index (χ0) is 21.7. The van der Waals surface area contributed by atoms with Crippen molar-refractivity contribution in [3.8, 4) is 22.6 Å². The second-order valence-electron chi connectivity index (χ2n) is 6.48. The number of halogens is 7. The Labute approximate surface area is 164 Å². The summed E-state index contributed by atoms with van der Waals surface area (Å²) in [5.41, 5.74) is -2.43. The SMILES string of the molecule is Fc1ccccc1-c1ccc2nc(-c3cc(C(F)(F)F)cc(C(F)(F)F)c3)oc2c1. The van der Waals surface area contributed by atoms with Gasteiger partial charge in [0.15, 0.2) is 5.58 Å². The molecule has 0 aliphatic rings. The highest BCUT2D eigenvalue weighted by Crippen LogP contribution is 2.39. The molecule has 2 nitrogen and oxygen atoms in total. The molecule has 0 saturated heterocycles. The summed E-state index contributed by atoms with van der Waals surface area (Å²) < 4.78 is 97.9. The van der Waals surface area contributed by atoms with Crippen molar-refractivity contribution in [1.29, 1.82) is 0 Å². The third kappa shape index (κ3) is 3.74. The fourth-order valence-corrected chi connectivity index (χ4v) is 2.99. The van der Waals surface area contributed by atoms with Crippen molar-refractivity contribution >= 4 is 11.1 Å². The first kappa shape index (κ1) is 19.9. The monoisotopic (exact) mass is 425 g/mol. The van der Waals surface area contributed by atoms with Gasteiger partial charge in [0.2, 0.25) is 5.89 Å². The van der Waals surface area contributed by atoms with Gasteiger partial charge in [-0.3, -0.25) is 0 Å². The van der Waals surface area contributed by atoms with Crippen LogP contribution in [-0.4, -0.2) is 4.98 Å². The number of fused-ring (bicyclic) bond motifs is 1. The van der Waals surface area contributed by atoms with Crippen molar-refractivity contribution in [2.24, 2.45) is 0 Å². The van der Waals surface area contributed by atoms with Gasteiger partial charge in [-0.25, -0.2) is 9.37 Å². The van der Waals surface area contributed by atoms with Gasteiger partial charge in [0, 0.05) is 11.1 Å². The molecule has 0 fully saturated rings. The van der Waals surface area contributed by atoms with E-state index < -0.39 is 40.8 Å². The number of aromatic nitrogens is 1. The van der Waals surface area contributed by atoms with Crippen LogP contribution in [0.4, 0.5) is 30.7 Å². The van der Waals surface area contributed by atoms with Gasteiger partial charge >= 0.3 is 12.4 Å². The van der Waals surface area contributed by atoms with Crippen molar-refractivity contribution in [3.63, 3.8) is 0 Å². The van der Waals surface area contributed by atoms with Gasteiger partial charge in [-0.1, -0.05) is 24.3 Å². The van der Waals surface area contributed by atoms with E-state index in [1.165, 1.54) is 36.4 Å². The van der Waals surface area contributed by atoms with Crippen LogP contribution in [0.25, 0.3) is 33.7 Å². The van der Waals surface area contributed by atoms with Crippen molar-refractivity contribution < 1.29 is 35.2 Å². The molecule has 0 amide bonds. The standard InChI is InChI=1S/C21H10F7NO/c22-16-4-2-1-3-15(16)11-5-6-17-18(9-11)30-19(29-17)12-7-13(20(23,24)25)10-14(8-12)21(26,27)28/h1-10H. The number of hydrogen-bond acceptors (Lipinski definition) is 2. The van der Waals surface area contributed by atoms with E-state index in [2.05, 4.69) is 4.98 Å². The maximum atomic E-state index is 14.0. The van der Waals surface area contributed by atoms with Gasteiger partial charge < -0.3 is 4.42 Å². The van der Waals surface area contributed by atoms with E-state index in [4.69, 9.17) is 4.42 Å². The highest BCUT2D eigenvalue weighted by Gasteiger charge is 2.37. The van der Waals surface area contributed by atoms with Crippen LogP contribution < -0.4 is 0 Å². The summed E-state index contributed by atoms with van der Waals surface area (Å²) in [6, 6.07) is 11.4. The molecule has 0 bridgehead atoms. The zero-order valence-electron chi connectivity index (χ0n) is 14.8. The molecule has 0 N–H and O–H groups in total. The molecule has 1 aromatic heterocycles. The molecular weight excluding hydrogens is 415 g/mol. The lowest BCUT2D eigenvalue weighted by atomic mass is 10.0. The lowest BCUT2D eigenvalue weighted by Crippen LogP contribution is -2.11. The van der Waals surface area contributed by atoms with E-state index in [1.54, 1.807) is 6.07 Å². The Bertz CT molecular complexity index is 1210. The summed E-state index contributed by atoms with van der Waals surface area (Å²) in [4.78, 5) is 3.99. The summed E-state index contributed by atoms with van der Waals surface area (Å²) in [6.45, 7) is 0. The Balaban J connectivity index is 1.85. The first-order valence-electron chi connectivity index (χ1n) is 8.48. The average molecular weight is 425 g/mol. The summed E-state index contributed by atoms with van der Waals surface area (Å²) in [5.74, 6) is -0.906. The average Bonchev–Trinajstić information content (AvgIpc) is 3.10. The first-order valence-corrected chi connectivity index (χ1v) is 8.48. The van der Waals surface area contributed by atoms with Crippen molar-refractivity contribution in [3.05, 3.63) is 77.6 Å². The Hall–Kier alpha value is -3.36. The number of oxazole rings is 1. The molecule has 0 atom stereocenters. The molecule has 3 aromatic carbocycles. The van der Waals surface area contributed by atoms with Crippen LogP contribution in [0.2, 0.25) is 0 Å². The fraction of sp³-hybridized carbons (Fsp3) is 0.0952. The summed E-state index contributed by atoms with van der Waals surface area (Å²) >= 11 is 0. The van der Waals surface area contributed by atoms with E-state index in [9.17, 15) is 30.7 Å². The van der Waals surface area contributed by atoms with E-state index >= 15 is 0 Å². The summed E-state index contributed by atoms with van der Waals surface area (Å²) in [7, 11) is 0. The van der Waals surface area contributed by atoms with Gasteiger partial charge in [-0.15, -0.1) is 0 Å². The Morgan fingerprint density at radius 1 is 0.700 bits per heavy atom. The van der Waals surface area contributed by atoms with Crippen LogP contribution in [0.3, 0.4) is 0 Å². The number of nitrogens with zero attached hydrogens (tertiary/aromatic N) is 1. The zero-order valence-corrected chi connectivity index (χ0v) is 14.8. The minimum atomic E-state index is -4.99. The van der Waals surface area contributed by atoms with Gasteiger partial charge in [0.05, 0.1) is 11.1 Å². The topological polar surface area (TPSA) is 26.0 Å². The molecule has 30 heavy (non-hydrogen) atoms. The highest BCUT2D eigenvalue weighted by molar-refractivity contribution is 5.82. The lowest BCUT2D eigenvalue weighted by Gasteiger charge is -2.12. The molecule has 0 radical (unpaired) electrons. The van der Waals surface area contributed by atoms with Gasteiger partial charge in [-0.2, -0.15) is 26.3 Å². The predicted molar refractivity (Wildman–Crippen MR) is 94.8 cm³/mol. The fourth-order valence-electron chi connectivity index (χ4n) is 2.99. The van der Waals surface area contributed by atoms with Crippen LogP contribution in [-0.2, 0) is 12.4 Å². The van der Waals surface area contributed by atoms with Crippen molar-refractivity contribution in [2.45, 2.75) is 12.4 Å². The maximum absolute atomic E-state index is 14.0. The second kappa shape index (κ2) is 6.86. The molecule has 1 heterocycles. The van der Waals surface area contributed by atoms with E-state index in [1.807, 2.05) is 0 Å². The van der Waals surface area contributed by atoms with E-state index in [0.29, 0.717) is 17.7 Å². The molecule has 4 rings (SSSR count). The Kier molecular flexibility index (Phi) is 4.56. The first-order chi connectivity index (χ1) is 14.0. The van der Waals surface area contributed by atoms with Crippen LogP contribution in [0, 0.1) is 5.82 Å². The molecular formula is C21H10F7NO. The Morgan fingerprint density at radius 2 is 1.33 bits per heavy atom. The normalized spacial score (nSPS) is 12.5. The minimum absolute atomic E-state index is 0.0302. The third-order valence-corrected chi connectivity index (χ3v) is 4.41. The predicted octanol–water partition coefficient (Wildman–Crippen LogP) is 7.34. The highest BCUT2D eigenvalue weighted by atomic mass is 19.4. The third-order valence-electron chi connectivity index (χ3n) is 4.41. The van der Waals surface area contributed by atoms with Crippen molar-refractivity contribution in [1.82, 2.24) is 4.98 Å². The van der Waals surface area contributed by atoms with Gasteiger partial charge in [-0.05, 0) is 42.0 Å². The van der Waals surface area contributed by atoms with Crippen LogP contribution in [0.15, 0.2) is 65.1 Å². The summed E-state index contributed by atoms with van der Waals surface area (Å²) in [5, 5.41) is 0. The van der Waals surface area contributed by atoms with E-state index in [0.717, 1.165) is 0 Å².